The summed E-state index contributed by atoms with van der Waals surface area (Å²) in [5.41, 5.74) is 2.45. The molecule has 24 heavy (non-hydrogen) atoms. The molecule has 2 aliphatic heterocycles. The number of carbonyl (C=O) groups excluding carboxylic acids is 1. The number of nitrogens with zero attached hydrogens (tertiary/aromatic N) is 5. The molecule has 0 radical (unpaired) electrons. The second kappa shape index (κ2) is 5.55. The first-order valence-corrected chi connectivity index (χ1v) is 9.15. The van der Waals surface area contributed by atoms with Crippen LogP contribution in [0.4, 0.5) is 0 Å². The zero-order chi connectivity index (χ0) is 16.1. The van der Waals surface area contributed by atoms with E-state index in [2.05, 4.69) is 19.4 Å². The summed E-state index contributed by atoms with van der Waals surface area (Å²) >= 11 is 0. The Kier molecular flexibility index (Phi) is 3.33. The molecule has 126 valence electrons. The molecule has 1 aliphatic carbocycles. The molecular weight excluding hydrogens is 302 g/mol. The van der Waals surface area contributed by atoms with Crippen LogP contribution in [0.15, 0.2) is 18.6 Å². The van der Waals surface area contributed by atoms with Gasteiger partial charge < -0.3 is 9.47 Å². The van der Waals surface area contributed by atoms with E-state index in [-0.39, 0.29) is 5.91 Å². The number of hydrogen-bond acceptors (Lipinski definition) is 4. The summed E-state index contributed by atoms with van der Waals surface area (Å²) in [6.45, 7) is 3.97. The second-order valence-electron chi connectivity index (χ2n) is 7.40. The lowest BCUT2D eigenvalue weighted by atomic mass is 10.1. The predicted octanol–water partition coefficient (Wildman–Crippen LogP) is 2.08. The van der Waals surface area contributed by atoms with Crippen molar-refractivity contribution in [3.63, 3.8) is 0 Å². The Labute approximate surface area is 141 Å². The quantitative estimate of drug-likeness (QED) is 0.848. The van der Waals surface area contributed by atoms with Crippen LogP contribution in [0.1, 0.15) is 48.5 Å². The van der Waals surface area contributed by atoms with Crippen molar-refractivity contribution in [2.75, 3.05) is 26.2 Å². The van der Waals surface area contributed by atoms with Gasteiger partial charge in [-0.2, -0.15) is 0 Å². The molecule has 2 atom stereocenters. The molecule has 2 unspecified atom stereocenters. The molecule has 2 saturated heterocycles. The van der Waals surface area contributed by atoms with E-state index >= 15 is 0 Å². The van der Waals surface area contributed by atoms with Crippen LogP contribution in [0, 0.1) is 0 Å². The Bertz CT molecular complexity index is 779. The highest BCUT2D eigenvalue weighted by molar-refractivity contribution is 5.96. The zero-order valence-electron chi connectivity index (χ0n) is 13.9. The maximum absolute atomic E-state index is 12.9. The fourth-order valence-corrected chi connectivity index (χ4v) is 4.62. The Morgan fingerprint density at radius 1 is 1.04 bits per heavy atom. The lowest BCUT2D eigenvalue weighted by Gasteiger charge is -2.34. The van der Waals surface area contributed by atoms with Gasteiger partial charge in [-0.1, -0.05) is 12.8 Å². The average Bonchev–Trinajstić information content (AvgIpc) is 3.33. The van der Waals surface area contributed by atoms with Gasteiger partial charge >= 0.3 is 0 Å². The van der Waals surface area contributed by atoms with Crippen molar-refractivity contribution in [2.24, 2.45) is 0 Å². The summed E-state index contributed by atoms with van der Waals surface area (Å²) in [4.78, 5) is 26.5. The summed E-state index contributed by atoms with van der Waals surface area (Å²) in [5, 5.41) is 0. The Morgan fingerprint density at radius 2 is 1.92 bits per heavy atom. The number of aromatic nitrogens is 3. The van der Waals surface area contributed by atoms with Gasteiger partial charge in [-0.25, -0.2) is 9.97 Å². The highest BCUT2D eigenvalue weighted by Crippen LogP contribution is 2.31. The van der Waals surface area contributed by atoms with E-state index in [4.69, 9.17) is 0 Å². The van der Waals surface area contributed by atoms with Crippen molar-refractivity contribution in [3.05, 3.63) is 24.2 Å². The lowest BCUT2D eigenvalue weighted by Crippen LogP contribution is -2.49. The van der Waals surface area contributed by atoms with Crippen LogP contribution < -0.4 is 0 Å². The van der Waals surface area contributed by atoms with E-state index in [9.17, 15) is 4.79 Å². The summed E-state index contributed by atoms with van der Waals surface area (Å²) in [7, 11) is 0. The third-order valence-corrected chi connectivity index (χ3v) is 5.98. The van der Waals surface area contributed by atoms with Gasteiger partial charge in [0.25, 0.3) is 5.91 Å². The number of amides is 1. The van der Waals surface area contributed by atoms with Gasteiger partial charge in [-0.15, -0.1) is 0 Å². The van der Waals surface area contributed by atoms with Crippen LogP contribution in [0.3, 0.4) is 0 Å². The van der Waals surface area contributed by atoms with Crippen LogP contribution in [0.2, 0.25) is 0 Å². The van der Waals surface area contributed by atoms with Crippen molar-refractivity contribution < 1.29 is 4.79 Å². The van der Waals surface area contributed by atoms with Gasteiger partial charge in [0.1, 0.15) is 5.52 Å². The van der Waals surface area contributed by atoms with Crippen molar-refractivity contribution in [1.29, 1.82) is 0 Å². The largest absolute Gasteiger partial charge is 0.333 e. The number of piperazine rings is 1. The smallest absolute Gasteiger partial charge is 0.255 e. The summed E-state index contributed by atoms with van der Waals surface area (Å²) in [6.07, 6.45) is 9.73. The first kappa shape index (κ1) is 14.4. The van der Waals surface area contributed by atoms with Crippen LogP contribution in [0.5, 0.6) is 0 Å². The monoisotopic (exact) mass is 325 g/mol. The van der Waals surface area contributed by atoms with Gasteiger partial charge in [0.2, 0.25) is 0 Å². The fraction of sp³-hybridized carbons (Fsp3) is 0.611. The van der Waals surface area contributed by atoms with Gasteiger partial charge in [0.05, 0.1) is 11.9 Å². The zero-order valence-corrected chi connectivity index (χ0v) is 13.9. The molecule has 0 aromatic carbocycles. The van der Waals surface area contributed by atoms with Crippen LogP contribution in [0.25, 0.3) is 11.2 Å². The Morgan fingerprint density at radius 3 is 2.79 bits per heavy atom. The van der Waals surface area contributed by atoms with Crippen LogP contribution in [-0.4, -0.2) is 62.5 Å². The molecule has 3 aliphatic rings. The van der Waals surface area contributed by atoms with Crippen molar-refractivity contribution in [2.45, 2.75) is 44.2 Å². The molecule has 5 rings (SSSR count). The number of pyridine rings is 1. The maximum Gasteiger partial charge on any atom is 0.255 e. The molecule has 6 nitrogen and oxygen atoms in total. The van der Waals surface area contributed by atoms with Crippen molar-refractivity contribution >= 4 is 17.1 Å². The molecule has 4 heterocycles. The van der Waals surface area contributed by atoms with E-state index in [0.29, 0.717) is 17.6 Å². The first-order valence-electron chi connectivity index (χ1n) is 9.15. The number of fused-ring (bicyclic) bond motifs is 3. The number of imidazole rings is 1. The van der Waals surface area contributed by atoms with E-state index in [1.54, 1.807) is 6.20 Å². The highest BCUT2D eigenvalue weighted by Gasteiger charge is 2.35. The van der Waals surface area contributed by atoms with Gasteiger partial charge in [0.15, 0.2) is 5.65 Å². The average molecular weight is 325 g/mol. The van der Waals surface area contributed by atoms with Gasteiger partial charge in [-0.05, 0) is 25.3 Å². The predicted molar refractivity (Wildman–Crippen MR) is 90.9 cm³/mol. The fourth-order valence-electron chi connectivity index (χ4n) is 4.62. The lowest BCUT2D eigenvalue weighted by molar-refractivity contribution is 0.0609. The van der Waals surface area contributed by atoms with Crippen molar-refractivity contribution in [1.82, 2.24) is 24.3 Å². The molecule has 6 heteroatoms. The molecule has 0 N–H and O–H groups in total. The van der Waals surface area contributed by atoms with E-state index in [0.717, 1.165) is 43.8 Å². The molecule has 1 amide bonds. The van der Waals surface area contributed by atoms with E-state index in [1.807, 2.05) is 17.3 Å². The SMILES string of the molecule is O=C(c1cnc2c(c1)ncn2C1CCCC1)N1CCN2CCC1C2. The molecule has 2 aromatic heterocycles. The third-order valence-electron chi connectivity index (χ3n) is 5.98. The Balaban J connectivity index is 1.44. The summed E-state index contributed by atoms with van der Waals surface area (Å²) in [5.74, 6) is 0.117. The summed E-state index contributed by atoms with van der Waals surface area (Å²) < 4.78 is 2.20. The summed E-state index contributed by atoms with van der Waals surface area (Å²) in [6, 6.07) is 2.82. The minimum Gasteiger partial charge on any atom is -0.333 e. The topological polar surface area (TPSA) is 54.3 Å². The first-order chi connectivity index (χ1) is 11.8. The maximum atomic E-state index is 12.9. The normalized spacial score (nSPS) is 27.2. The van der Waals surface area contributed by atoms with Gasteiger partial charge in [0, 0.05) is 44.5 Å². The number of rotatable bonds is 2. The van der Waals surface area contributed by atoms with E-state index in [1.165, 1.54) is 25.7 Å². The number of hydrogen-bond donors (Lipinski definition) is 0. The number of carbonyl (C=O) groups is 1. The Hall–Kier alpha value is -1.95. The van der Waals surface area contributed by atoms with Crippen LogP contribution >= 0.6 is 0 Å². The molecule has 3 fully saturated rings. The minimum atomic E-state index is 0.117. The second-order valence-corrected chi connectivity index (χ2v) is 7.40. The molecule has 2 aromatic rings. The minimum absolute atomic E-state index is 0.117. The third kappa shape index (κ3) is 2.24. The van der Waals surface area contributed by atoms with Crippen LogP contribution in [-0.2, 0) is 0 Å². The molecular formula is C18H23N5O. The van der Waals surface area contributed by atoms with Gasteiger partial charge in [-0.3, -0.25) is 9.69 Å². The molecule has 2 bridgehead atoms. The standard InChI is InChI=1S/C18H23N5O/c24-18(22-8-7-21-6-5-15(22)11-21)13-9-16-17(19-10-13)23(12-20-16)14-3-1-2-4-14/h9-10,12,14-15H,1-8,11H2. The van der Waals surface area contributed by atoms with E-state index < -0.39 is 0 Å². The molecule has 0 spiro atoms. The molecule has 1 saturated carbocycles. The van der Waals surface area contributed by atoms with Crippen molar-refractivity contribution in [3.8, 4) is 0 Å². The highest BCUT2D eigenvalue weighted by atomic mass is 16.2.